The average Bonchev–Trinajstić information content (AvgIpc) is 3.27. The summed E-state index contributed by atoms with van der Waals surface area (Å²) < 4.78 is 0. The van der Waals surface area contributed by atoms with Crippen molar-refractivity contribution in [1.82, 2.24) is 10.3 Å². The number of nitrogens with one attached hydrogen (secondary N) is 1. The molecular weight excluding hydrogens is 234 g/mol. The highest BCUT2D eigenvalue weighted by Crippen LogP contribution is 2.24. The van der Waals surface area contributed by atoms with E-state index in [-0.39, 0.29) is 0 Å². The lowest BCUT2D eigenvalue weighted by Gasteiger charge is -2.18. The number of aromatic nitrogens is 1. The third-order valence-electron chi connectivity index (χ3n) is 3.81. The van der Waals surface area contributed by atoms with Crippen LogP contribution >= 0.6 is 0 Å². The van der Waals surface area contributed by atoms with Gasteiger partial charge in [-0.3, -0.25) is 0 Å². The van der Waals surface area contributed by atoms with Crippen LogP contribution in [0.4, 0.5) is 5.82 Å². The van der Waals surface area contributed by atoms with Gasteiger partial charge < -0.3 is 10.2 Å². The van der Waals surface area contributed by atoms with Crippen LogP contribution in [0.5, 0.6) is 0 Å². The SMILES string of the molecule is CCN(C)c1cc(CNC2CC2)c2ccccc2n1. The molecule has 1 aliphatic rings. The Balaban J connectivity index is 1.99. The van der Waals surface area contributed by atoms with Crippen molar-refractivity contribution >= 4 is 16.7 Å². The van der Waals surface area contributed by atoms with Crippen molar-refractivity contribution in [3.05, 3.63) is 35.9 Å². The van der Waals surface area contributed by atoms with Crippen molar-refractivity contribution in [2.75, 3.05) is 18.5 Å². The number of hydrogen-bond acceptors (Lipinski definition) is 3. The minimum Gasteiger partial charge on any atom is -0.360 e. The van der Waals surface area contributed by atoms with Gasteiger partial charge in [-0.15, -0.1) is 0 Å². The Labute approximate surface area is 114 Å². The first kappa shape index (κ1) is 12.4. The Morgan fingerprint density at radius 2 is 2.11 bits per heavy atom. The molecule has 1 aromatic heterocycles. The Morgan fingerprint density at radius 1 is 1.32 bits per heavy atom. The number of rotatable bonds is 5. The normalized spacial score (nSPS) is 14.8. The zero-order valence-corrected chi connectivity index (χ0v) is 11.7. The van der Waals surface area contributed by atoms with Crippen molar-refractivity contribution < 1.29 is 0 Å². The van der Waals surface area contributed by atoms with Gasteiger partial charge in [0.25, 0.3) is 0 Å². The second kappa shape index (κ2) is 5.17. The van der Waals surface area contributed by atoms with E-state index in [2.05, 4.69) is 54.5 Å². The molecule has 2 aromatic rings. The highest BCUT2D eigenvalue weighted by molar-refractivity contribution is 5.84. The van der Waals surface area contributed by atoms with E-state index in [0.29, 0.717) is 0 Å². The smallest absolute Gasteiger partial charge is 0.129 e. The van der Waals surface area contributed by atoms with E-state index in [1.165, 1.54) is 23.8 Å². The Hall–Kier alpha value is -1.61. The molecule has 1 aromatic carbocycles. The molecule has 0 aliphatic heterocycles. The molecule has 3 nitrogen and oxygen atoms in total. The lowest BCUT2D eigenvalue weighted by atomic mass is 10.1. The van der Waals surface area contributed by atoms with Gasteiger partial charge in [0.05, 0.1) is 5.52 Å². The maximum Gasteiger partial charge on any atom is 0.129 e. The number of para-hydroxylation sites is 1. The van der Waals surface area contributed by atoms with Gasteiger partial charge in [0.15, 0.2) is 0 Å². The number of anilines is 1. The van der Waals surface area contributed by atoms with Gasteiger partial charge in [0.2, 0.25) is 0 Å². The Bertz CT molecular complexity index is 575. The second-order valence-electron chi connectivity index (χ2n) is 5.33. The van der Waals surface area contributed by atoms with E-state index < -0.39 is 0 Å². The summed E-state index contributed by atoms with van der Waals surface area (Å²) >= 11 is 0. The molecule has 0 unspecified atom stereocenters. The number of hydrogen-bond donors (Lipinski definition) is 1. The summed E-state index contributed by atoms with van der Waals surface area (Å²) in [6.45, 7) is 4.07. The van der Waals surface area contributed by atoms with Crippen molar-refractivity contribution in [3.8, 4) is 0 Å². The molecule has 0 atom stereocenters. The van der Waals surface area contributed by atoms with Crippen molar-refractivity contribution in [1.29, 1.82) is 0 Å². The van der Waals surface area contributed by atoms with E-state index in [1.807, 2.05) is 0 Å². The maximum absolute atomic E-state index is 4.75. The predicted octanol–water partition coefficient (Wildman–Crippen LogP) is 2.94. The zero-order chi connectivity index (χ0) is 13.2. The fraction of sp³-hybridized carbons (Fsp3) is 0.438. The molecule has 3 heteroatoms. The molecule has 0 bridgehead atoms. The molecule has 0 amide bonds. The first-order valence-electron chi connectivity index (χ1n) is 7.11. The summed E-state index contributed by atoms with van der Waals surface area (Å²) in [6.07, 6.45) is 2.65. The molecule has 1 fully saturated rings. The minimum absolute atomic E-state index is 0.735. The number of nitrogens with zero attached hydrogens (tertiary/aromatic N) is 2. The average molecular weight is 255 g/mol. The topological polar surface area (TPSA) is 28.2 Å². The van der Waals surface area contributed by atoms with Gasteiger partial charge in [-0.2, -0.15) is 0 Å². The van der Waals surface area contributed by atoms with E-state index in [9.17, 15) is 0 Å². The van der Waals surface area contributed by atoms with E-state index >= 15 is 0 Å². The largest absolute Gasteiger partial charge is 0.360 e. The van der Waals surface area contributed by atoms with Crippen LogP contribution in [0.2, 0.25) is 0 Å². The van der Waals surface area contributed by atoms with Crippen molar-refractivity contribution in [3.63, 3.8) is 0 Å². The minimum atomic E-state index is 0.735. The number of benzene rings is 1. The summed E-state index contributed by atoms with van der Waals surface area (Å²) in [5.74, 6) is 1.06. The molecule has 3 rings (SSSR count). The molecule has 1 heterocycles. The third-order valence-corrected chi connectivity index (χ3v) is 3.81. The number of pyridine rings is 1. The highest BCUT2D eigenvalue weighted by Gasteiger charge is 2.20. The fourth-order valence-corrected chi connectivity index (χ4v) is 2.28. The van der Waals surface area contributed by atoms with E-state index in [4.69, 9.17) is 4.98 Å². The van der Waals surface area contributed by atoms with Crippen LogP contribution in [0, 0.1) is 0 Å². The monoisotopic (exact) mass is 255 g/mol. The van der Waals surface area contributed by atoms with Gasteiger partial charge in [-0.25, -0.2) is 4.98 Å². The molecule has 100 valence electrons. The quantitative estimate of drug-likeness (QED) is 0.890. The van der Waals surface area contributed by atoms with Gasteiger partial charge >= 0.3 is 0 Å². The standard InChI is InChI=1S/C16H21N3/c1-3-19(2)16-10-12(11-17-13-8-9-13)14-6-4-5-7-15(14)18-16/h4-7,10,13,17H,3,8-9,11H2,1-2H3. The van der Waals surface area contributed by atoms with Gasteiger partial charge in [-0.05, 0) is 37.5 Å². The molecule has 0 spiro atoms. The first-order chi connectivity index (χ1) is 9.28. The van der Waals surface area contributed by atoms with Crippen LogP contribution in [-0.4, -0.2) is 24.6 Å². The van der Waals surface area contributed by atoms with Crippen LogP contribution in [0.3, 0.4) is 0 Å². The van der Waals surface area contributed by atoms with Gasteiger partial charge in [0.1, 0.15) is 5.82 Å². The first-order valence-corrected chi connectivity index (χ1v) is 7.11. The predicted molar refractivity (Wildman–Crippen MR) is 80.5 cm³/mol. The van der Waals surface area contributed by atoms with Crippen LogP contribution in [-0.2, 0) is 6.54 Å². The summed E-state index contributed by atoms with van der Waals surface area (Å²) in [4.78, 5) is 6.94. The number of fused-ring (bicyclic) bond motifs is 1. The van der Waals surface area contributed by atoms with Crippen LogP contribution in [0.1, 0.15) is 25.3 Å². The lowest BCUT2D eigenvalue weighted by Crippen LogP contribution is -2.19. The summed E-state index contributed by atoms with van der Waals surface area (Å²) in [5, 5.41) is 4.87. The summed E-state index contributed by atoms with van der Waals surface area (Å²) in [5.41, 5.74) is 2.45. The zero-order valence-electron chi connectivity index (χ0n) is 11.7. The van der Waals surface area contributed by atoms with Gasteiger partial charge in [0, 0.05) is 31.6 Å². The lowest BCUT2D eigenvalue weighted by molar-refractivity contribution is 0.690. The van der Waals surface area contributed by atoms with Crippen LogP contribution in [0.25, 0.3) is 10.9 Å². The molecule has 0 radical (unpaired) electrons. The Kier molecular flexibility index (Phi) is 3.38. The molecule has 0 saturated heterocycles. The molecule has 1 saturated carbocycles. The van der Waals surface area contributed by atoms with Crippen molar-refractivity contribution in [2.24, 2.45) is 0 Å². The third kappa shape index (κ3) is 2.71. The second-order valence-corrected chi connectivity index (χ2v) is 5.33. The summed E-state index contributed by atoms with van der Waals surface area (Å²) in [7, 11) is 2.09. The highest BCUT2D eigenvalue weighted by atomic mass is 15.2. The van der Waals surface area contributed by atoms with Crippen LogP contribution in [0.15, 0.2) is 30.3 Å². The summed E-state index contributed by atoms with van der Waals surface area (Å²) in [6, 6.07) is 11.4. The fourth-order valence-electron chi connectivity index (χ4n) is 2.28. The van der Waals surface area contributed by atoms with Crippen LogP contribution < -0.4 is 10.2 Å². The van der Waals surface area contributed by atoms with Gasteiger partial charge in [-0.1, -0.05) is 18.2 Å². The Morgan fingerprint density at radius 3 is 2.84 bits per heavy atom. The maximum atomic E-state index is 4.75. The van der Waals surface area contributed by atoms with E-state index in [1.54, 1.807) is 0 Å². The molecular formula is C16H21N3. The molecule has 19 heavy (non-hydrogen) atoms. The molecule has 1 N–H and O–H groups in total. The van der Waals surface area contributed by atoms with E-state index in [0.717, 1.165) is 30.5 Å². The van der Waals surface area contributed by atoms with Crippen molar-refractivity contribution in [2.45, 2.75) is 32.4 Å². The molecule has 1 aliphatic carbocycles.